The largest absolute Gasteiger partial charge is 0.383 e. The SMILES string of the molecule is Nc1nc(N)c2c([S@](=O)c3ccc4ccccc4c3)cccc2n1. The molecule has 0 aliphatic heterocycles. The van der Waals surface area contributed by atoms with E-state index in [4.69, 9.17) is 11.5 Å². The maximum atomic E-state index is 13.1. The molecule has 6 heteroatoms. The Morgan fingerprint density at radius 3 is 2.46 bits per heavy atom. The number of nitrogens with two attached hydrogens (primary N) is 2. The standard InChI is InChI=1S/C18H14N4OS/c19-17-16-14(21-18(20)22-17)6-3-7-15(16)24(23)13-9-8-11-4-1-2-5-12(11)10-13/h1-10H,(H4,19,20,21,22)/t24-/m1/s1. The maximum absolute atomic E-state index is 13.1. The molecule has 1 aromatic heterocycles. The second-order valence-corrected chi connectivity index (χ2v) is 6.84. The van der Waals surface area contributed by atoms with Gasteiger partial charge in [0.25, 0.3) is 0 Å². The Morgan fingerprint density at radius 1 is 0.833 bits per heavy atom. The highest BCUT2D eigenvalue weighted by atomic mass is 32.2. The summed E-state index contributed by atoms with van der Waals surface area (Å²) < 4.78 is 13.1. The molecule has 0 bridgehead atoms. The fraction of sp³-hybridized carbons (Fsp3) is 0. The van der Waals surface area contributed by atoms with Crippen molar-refractivity contribution < 1.29 is 4.21 Å². The molecule has 24 heavy (non-hydrogen) atoms. The molecule has 0 spiro atoms. The van der Waals surface area contributed by atoms with Crippen LogP contribution in [0.3, 0.4) is 0 Å². The molecule has 4 rings (SSSR count). The van der Waals surface area contributed by atoms with Gasteiger partial charge in [-0.1, -0.05) is 36.4 Å². The Kier molecular flexibility index (Phi) is 3.39. The van der Waals surface area contributed by atoms with Crippen molar-refractivity contribution in [3.63, 3.8) is 0 Å². The smallest absolute Gasteiger partial charge is 0.222 e. The second-order valence-electron chi connectivity index (χ2n) is 5.40. The number of rotatable bonds is 2. The molecule has 118 valence electrons. The summed E-state index contributed by atoms with van der Waals surface area (Å²) >= 11 is 0. The lowest BCUT2D eigenvalue weighted by Gasteiger charge is -2.09. The number of anilines is 2. The zero-order chi connectivity index (χ0) is 16.7. The lowest BCUT2D eigenvalue weighted by molar-refractivity contribution is 0.684. The summed E-state index contributed by atoms with van der Waals surface area (Å²) in [6, 6.07) is 19.1. The minimum atomic E-state index is -1.40. The van der Waals surface area contributed by atoms with E-state index in [-0.39, 0.29) is 11.8 Å². The van der Waals surface area contributed by atoms with Crippen LogP contribution in [-0.4, -0.2) is 14.2 Å². The van der Waals surface area contributed by atoms with Gasteiger partial charge in [0.15, 0.2) is 0 Å². The normalized spacial score (nSPS) is 12.5. The molecule has 3 aromatic carbocycles. The van der Waals surface area contributed by atoms with Gasteiger partial charge in [-0.25, -0.2) is 9.19 Å². The molecule has 0 aliphatic carbocycles. The quantitative estimate of drug-likeness (QED) is 0.587. The minimum Gasteiger partial charge on any atom is -0.383 e. The number of hydrogen-bond acceptors (Lipinski definition) is 5. The van der Waals surface area contributed by atoms with Crippen molar-refractivity contribution >= 4 is 44.2 Å². The maximum Gasteiger partial charge on any atom is 0.222 e. The van der Waals surface area contributed by atoms with E-state index in [1.165, 1.54) is 0 Å². The van der Waals surface area contributed by atoms with E-state index in [0.717, 1.165) is 10.8 Å². The fourth-order valence-corrected chi connectivity index (χ4v) is 4.04. The number of nitrogen functional groups attached to an aromatic ring is 2. The van der Waals surface area contributed by atoms with Crippen molar-refractivity contribution in [2.24, 2.45) is 0 Å². The molecule has 0 aliphatic rings. The van der Waals surface area contributed by atoms with Crippen molar-refractivity contribution in [1.29, 1.82) is 0 Å². The van der Waals surface area contributed by atoms with Gasteiger partial charge in [-0.3, -0.25) is 0 Å². The summed E-state index contributed by atoms with van der Waals surface area (Å²) in [6.45, 7) is 0. The van der Waals surface area contributed by atoms with Crippen LogP contribution in [0.1, 0.15) is 0 Å². The summed E-state index contributed by atoms with van der Waals surface area (Å²) in [5, 5.41) is 2.72. The van der Waals surface area contributed by atoms with Gasteiger partial charge in [-0.05, 0) is 35.0 Å². The van der Waals surface area contributed by atoms with Crippen molar-refractivity contribution in [2.75, 3.05) is 11.5 Å². The summed E-state index contributed by atoms with van der Waals surface area (Å²) in [4.78, 5) is 9.46. The first-order valence-corrected chi connectivity index (χ1v) is 8.51. The van der Waals surface area contributed by atoms with Crippen molar-refractivity contribution in [3.8, 4) is 0 Å². The van der Waals surface area contributed by atoms with Gasteiger partial charge in [0, 0.05) is 4.90 Å². The monoisotopic (exact) mass is 334 g/mol. The molecule has 0 radical (unpaired) electrons. The molecule has 0 amide bonds. The predicted octanol–water partition coefficient (Wildman–Crippen LogP) is 3.11. The Balaban J connectivity index is 1.91. The van der Waals surface area contributed by atoms with Crippen LogP contribution in [-0.2, 0) is 10.8 Å². The average molecular weight is 334 g/mol. The first-order valence-electron chi connectivity index (χ1n) is 7.36. The van der Waals surface area contributed by atoms with E-state index < -0.39 is 10.8 Å². The van der Waals surface area contributed by atoms with Crippen LogP contribution in [0.2, 0.25) is 0 Å². The summed E-state index contributed by atoms with van der Waals surface area (Å²) in [6.07, 6.45) is 0. The number of nitrogens with zero attached hydrogens (tertiary/aromatic N) is 2. The third-order valence-electron chi connectivity index (χ3n) is 3.87. The van der Waals surface area contributed by atoms with Crippen LogP contribution >= 0.6 is 0 Å². The topological polar surface area (TPSA) is 94.9 Å². The van der Waals surface area contributed by atoms with E-state index >= 15 is 0 Å². The highest BCUT2D eigenvalue weighted by Crippen LogP contribution is 2.29. The zero-order valence-corrected chi connectivity index (χ0v) is 13.5. The van der Waals surface area contributed by atoms with Gasteiger partial charge in [-0.15, -0.1) is 0 Å². The highest BCUT2D eigenvalue weighted by molar-refractivity contribution is 7.85. The van der Waals surface area contributed by atoms with Gasteiger partial charge in [-0.2, -0.15) is 4.98 Å². The van der Waals surface area contributed by atoms with Crippen molar-refractivity contribution in [3.05, 3.63) is 60.7 Å². The van der Waals surface area contributed by atoms with Gasteiger partial charge < -0.3 is 11.5 Å². The van der Waals surface area contributed by atoms with Crippen molar-refractivity contribution in [1.82, 2.24) is 9.97 Å². The van der Waals surface area contributed by atoms with E-state index in [1.54, 1.807) is 18.2 Å². The predicted molar refractivity (Wildman–Crippen MR) is 97.0 cm³/mol. The molecule has 5 nitrogen and oxygen atoms in total. The first-order chi connectivity index (χ1) is 11.6. The number of hydrogen-bond donors (Lipinski definition) is 2. The van der Waals surface area contributed by atoms with Crippen LogP contribution < -0.4 is 11.5 Å². The minimum absolute atomic E-state index is 0.105. The number of benzene rings is 3. The molecule has 1 atom stereocenters. The zero-order valence-electron chi connectivity index (χ0n) is 12.6. The van der Waals surface area contributed by atoms with Gasteiger partial charge in [0.05, 0.1) is 26.6 Å². The third kappa shape index (κ3) is 2.37. The Labute approximate surface area is 140 Å². The molecular weight excluding hydrogens is 320 g/mol. The second kappa shape index (κ2) is 5.58. The van der Waals surface area contributed by atoms with Crippen molar-refractivity contribution in [2.45, 2.75) is 9.79 Å². The molecule has 1 heterocycles. The molecule has 0 saturated carbocycles. The van der Waals surface area contributed by atoms with Crippen LogP contribution in [0.5, 0.6) is 0 Å². The Hall–Kier alpha value is -2.99. The highest BCUT2D eigenvalue weighted by Gasteiger charge is 2.15. The Bertz CT molecular complexity index is 1110. The molecule has 0 saturated heterocycles. The summed E-state index contributed by atoms with van der Waals surface area (Å²) in [7, 11) is -1.40. The van der Waals surface area contributed by atoms with Gasteiger partial charge >= 0.3 is 0 Å². The van der Waals surface area contributed by atoms with E-state index in [0.29, 0.717) is 20.7 Å². The number of fused-ring (bicyclic) bond motifs is 2. The molecular formula is C18H14N4OS. The molecule has 0 fully saturated rings. The average Bonchev–Trinajstić information content (AvgIpc) is 2.60. The van der Waals surface area contributed by atoms with Crippen LogP contribution in [0.25, 0.3) is 21.7 Å². The van der Waals surface area contributed by atoms with Crippen LogP contribution in [0, 0.1) is 0 Å². The molecule has 0 unspecified atom stereocenters. The van der Waals surface area contributed by atoms with E-state index in [2.05, 4.69) is 9.97 Å². The van der Waals surface area contributed by atoms with Gasteiger partial charge in [0.1, 0.15) is 5.82 Å². The van der Waals surface area contributed by atoms with E-state index in [9.17, 15) is 4.21 Å². The van der Waals surface area contributed by atoms with Crippen LogP contribution in [0.15, 0.2) is 70.5 Å². The number of aromatic nitrogens is 2. The third-order valence-corrected chi connectivity index (χ3v) is 5.29. The summed E-state index contributed by atoms with van der Waals surface area (Å²) in [5.74, 6) is 0.343. The lowest BCUT2D eigenvalue weighted by atomic mass is 10.1. The van der Waals surface area contributed by atoms with E-state index in [1.807, 2.05) is 42.5 Å². The van der Waals surface area contributed by atoms with Gasteiger partial charge in [0.2, 0.25) is 5.95 Å². The molecule has 4 aromatic rings. The summed E-state index contributed by atoms with van der Waals surface area (Å²) in [5.41, 5.74) is 12.2. The first kappa shape index (κ1) is 14.6. The lowest BCUT2D eigenvalue weighted by Crippen LogP contribution is -2.03. The fourth-order valence-electron chi connectivity index (χ4n) is 2.76. The van der Waals surface area contributed by atoms with Crippen LogP contribution in [0.4, 0.5) is 11.8 Å². The molecule has 4 N–H and O–H groups in total. The Morgan fingerprint density at radius 2 is 1.62 bits per heavy atom.